The first kappa shape index (κ1) is 25.4. The molecule has 1 aromatic heterocycles. The highest BCUT2D eigenvalue weighted by molar-refractivity contribution is 6.03. The number of benzene rings is 3. The lowest BCUT2D eigenvalue weighted by molar-refractivity contribution is 0.401. The number of hydrogen-bond donors (Lipinski definition) is 3. The Morgan fingerprint density at radius 2 is 1.84 bits per heavy atom. The normalized spacial score (nSPS) is 14.7. The van der Waals surface area contributed by atoms with Crippen molar-refractivity contribution >= 4 is 34.3 Å². The molecule has 196 valence electrons. The van der Waals surface area contributed by atoms with Gasteiger partial charge in [0.25, 0.3) is 6.01 Å². The van der Waals surface area contributed by atoms with Crippen molar-refractivity contribution in [1.82, 2.24) is 4.98 Å². The SMILES string of the molecule is CC(C)CN(c1ccc(-c2ccccc2/C(N)=N/N=N)cc1Nc1nc2ccccc2o1)C1CCCCC1. The van der Waals surface area contributed by atoms with Gasteiger partial charge in [-0.2, -0.15) is 10.5 Å². The largest absolute Gasteiger partial charge is 0.423 e. The fraction of sp³-hybridized carbons (Fsp3) is 0.333. The van der Waals surface area contributed by atoms with E-state index in [1.807, 2.05) is 48.5 Å². The zero-order valence-electron chi connectivity index (χ0n) is 22.0. The Labute approximate surface area is 223 Å². The molecule has 8 nitrogen and oxygen atoms in total. The quantitative estimate of drug-likeness (QED) is 0.0926. The molecular weight excluding hydrogens is 474 g/mol. The minimum absolute atomic E-state index is 0.205. The first-order valence-electron chi connectivity index (χ1n) is 13.4. The first-order chi connectivity index (χ1) is 18.5. The van der Waals surface area contributed by atoms with Crippen LogP contribution in [0.5, 0.6) is 0 Å². The third kappa shape index (κ3) is 5.54. The van der Waals surface area contributed by atoms with Crippen molar-refractivity contribution in [2.75, 3.05) is 16.8 Å². The summed E-state index contributed by atoms with van der Waals surface area (Å²) in [4.78, 5) is 7.25. The highest BCUT2D eigenvalue weighted by atomic mass is 16.4. The van der Waals surface area contributed by atoms with Crippen molar-refractivity contribution in [3.05, 3.63) is 72.3 Å². The molecule has 0 aliphatic heterocycles. The van der Waals surface area contributed by atoms with Crippen LogP contribution in [0.4, 0.5) is 17.4 Å². The molecule has 1 saturated carbocycles. The lowest BCUT2D eigenvalue weighted by Crippen LogP contribution is -2.39. The smallest absolute Gasteiger partial charge is 0.300 e. The van der Waals surface area contributed by atoms with E-state index < -0.39 is 0 Å². The van der Waals surface area contributed by atoms with Crippen LogP contribution in [0.15, 0.2) is 81.5 Å². The Balaban J connectivity index is 1.62. The van der Waals surface area contributed by atoms with Crippen molar-refractivity contribution in [2.45, 2.75) is 52.0 Å². The minimum atomic E-state index is 0.205. The average molecular weight is 510 g/mol. The molecule has 38 heavy (non-hydrogen) atoms. The maximum Gasteiger partial charge on any atom is 0.300 e. The molecule has 1 heterocycles. The number of anilines is 3. The Bertz CT molecular complexity index is 1400. The number of fused-ring (bicyclic) bond motifs is 1. The molecule has 8 heteroatoms. The van der Waals surface area contributed by atoms with Gasteiger partial charge in [0.1, 0.15) is 5.52 Å². The molecule has 4 aromatic rings. The summed E-state index contributed by atoms with van der Waals surface area (Å²) in [6.07, 6.45) is 6.23. The standard InChI is InChI=1S/C30H35N7O/c1-20(2)19-37(22-10-4-3-5-11-22)27-17-16-21(23-12-6-7-13-24(23)29(31)35-36-32)18-26(27)34-30-33-25-14-8-9-15-28(25)38-30/h6-9,12-18,20,22H,3-5,10-11,19H2,1-2H3,(H,33,34)(H3,31,32,35). The highest BCUT2D eigenvalue weighted by Gasteiger charge is 2.25. The van der Waals surface area contributed by atoms with Crippen LogP contribution in [0.1, 0.15) is 51.5 Å². The van der Waals surface area contributed by atoms with Crippen LogP contribution in [0.3, 0.4) is 0 Å². The van der Waals surface area contributed by atoms with E-state index in [9.17, 15) is 0 Å². The van der Waals surface area contributed by atoms with E-state index in [0.717, 1.165) is 45.7 Å². The van der Waals surface area contributed by atoms with Crippen LogP contribution < -0.4 is 16.0 Å². The van der Waals surface area contributed by atoms with Crippen molar-refractivity contribution in [2.24, 2.45) is 22.0 Å². The van der Waals surface area contributed by atoms with Crippen molar-refractivity contribution < 1.29 is 4.42 Å². The van der Waals surface area contributed by atoms with E-state index in [1.54, 1.807) is 0 Å². The van der Waals surface area contributed by atoms with Crippen molar-refractivity contribution in [1.29, 1.82) is 5.53 Å². The summed E-state index contributed by atoms with van der Waals surface area (Å²) in [5.41, 5.74) is 19.5. The molecule has 1 fully saturated rings. The second kappa shape index (κ2) is 11.5. The van der Waals surface area contributed by atoms with Crippen LogP contribution in [0, 0.1) is 11.4 Å². The molecule has 0 amide bonds. The van der Waals surface area contributed by atoms with Crippen LogP contribution in [0.25, 0.3) is 22.2 Å². The molecule has 0 radical (unpaired) electrons. The van der Waals surface area contributed by atoms with Gasteiger partial charge < -0.3 is 20.4 Å². The van der Waals surface area contributed by atoms with Gasteiger partial charge in [-0.1, -0.05) is 80.8 Å². The maximum absolute atomic E-state index is 7.12. The number of aromatic nitrogens is 1. The molecule has 3 aromatic carbocycles. The summed E-state index contributed by atoms with van der Waals surface area (Å²) >= 11 is 0. The maximum atomic E-state index is 7.12. The van der Waals surface area contributed by atoms with Crippen LogP contribution in [-0.2, 0) is 0 Å². The van der Waals surface area contributed by atoms with Gasteiger partial charge >= 0.3 is 0 Å². The number of nitrogens with two attached hydrogens (primary N) is 1. The fourth-order valence-electron chi connectivity index (χ4n) is 5.39. The number of nitrogens with one attached hydrogen (secondary N) is 2. The van der Waals surface area contributed by atoms with Crippen LogP contribution in [-0.4, -0.2) is 23.4 Å². The second-order valence-electron chi connectivity index (χ2n) is 10.3. The number of nitrogens with zero attached hydrogens (tertiary/aromatic N) is 4. The molecule has 0 bridgehead atoms. The predicted molar refractivity (Wildman–Crippen MR) is 154 cm³/mol. The zero-order valence-corrected chi connectivity index (χ0v) is 22.0. The van der Waals surface area contributed by atoms with Gasteiger partial charge in [0.05, 0.1) is 11.4 Å². The zero-order chi connectivity index (χ0) is 26.5. The van der Waals surface area contributed by atoms with Gasteiger partial charge in [0.2, 0.25) is 0 Å². The summed E-state index contributed by atoms with van der Waals surface area (Å²) in [6, 6.07) is 23.0. The fourth-order valence-corrected chi connectivity index (χ4v) is 5.39. The third-order valence-corrected chi connectivity index (χ3v) is 7.09. The second-order valence-corrected chi connectivity index (χ2v) is 10.3. The van der Waals surface area contributed by atoms with Gasteiger partial charge in [-0.25, -0.2) is 0 Å². The van der Waals surface area contributed by atoms with Gasteiger partial charge in [-0.3, -0.25) is 0 Å². The topological polar surface area (TPSA) is 116 Å². The van der Waals surface area contributed by atoms with E-state index in [4.69, 9.17) is 15.7 Å². The van der Waals surface area contributed by atoms with E-state index >= 15 is 0 Å². The molecule has 5 rings (SSSR count). The summed E-state index contributed by atoms with van der Waals surface area (Å²) < 4.78 is 6.06. The Kier molecular flexibility index (Phi) is 7.67. The summed E-state index contributed by atoms with van der Waals surface area (Å²) in [6.45, 7) is 5.51. The highest BCUT2D eigenvalue weighted by Crippen LogP contribution is 2.38. The molecule has 4 N–H and O–H groups in total. The molecule has 0 unspecified atom stereocenters. The van der Waals surface area contributed by atoms with Gasteiger partial charge in [-0.05, 0) is 54.2 Å². The van der Waals surface area contributed by atoms with E-state index in [1.165, 1.54) is 32.1 Å². The van der Waals surface area contributed by atoms with Gasteiger partial charge in [0.15, 0.2) is 11.4 Å². The average Bonchev–Trinajstić information content (AvgIpc) is 3.35. The molecule has 0 saturated heterocycles. The van der Waals surface area contributed by atoms with Crippen LogP contribution >= 0.6 is 0 Å². The van der Waals surface area contributed by atoms with E-state index in [0.29, 0.717) is 18.0 Å². The number of oxazole rings is 1. The first-order valence-corrected chi connectivity index (χ1v) is 13.4. The van der Waals surface area contributed by atoms with E-state index in [2.05, 4.69) is 57.6 Å². The molecule has 1 aliphatic carbocycles. The summed E-state index contributed by atoms with van der Waals surface area (Å²) in [5, 5.41) is 10.4. The summed E-state index contributed by atoms with van der Waals surface area (Å²) in [5.74, 6) is 0.718. The monoisotopic (exact) mass is 509 g/mol. The molecule has 0 spiro atoms. The Morgan fingerprint density at radius 3 is 2.61 bits per heavy atom. The van der Waals surface area contributed by atoms with Crippen molar-refractivity contribution in [3.63, 3.8) is 0 Å². The van der Waals surface area contributed by atoms with Crippen molar-refractivity contribution in [3.8, 4) is 11.1 Å². The molecule has 0 atom stereocenters. The third-order valence-electron chi connectivity index (χ3n) is 7.09. The Morgan fingerprint density at radius 1 is 1.08 bits per heavy atom. The van der Waals surface area contributed by atoms with Crippen LogP contribution in [0.2, 0.25) is 0 Å². The lowest BCUT2D eigenvalue weighted by Gasteiger charge is -2.38. The number of amidine groups is 1. The summed E-state index contributed by atoms with van der Waals surface area (Å²) in [7, 11) is 0. The van der Waals surface area contributed by atoms with Gasteiger partial charge in [0, 0.05) is 18.2 Å². The van der Waals surface area contributed by atoms with Gasteiger partial charge in [-0.15, -0.1) is 5.10 Å². The number of hydrogen-bond acceptors (Lipinski definition) is 6. The van der Waals surface area contributed by atoms with E-state index in [-0.39, 0.29) is 5.84 Å². The molecular formula is C30H35N7O. The minimum Gasteiger partial charge on any atom is -0.423 e. The Hall–Kier alpha value is -4.20. The number of para-hydroxylation sites is 2. The molecule has 1 aliphatic rings. The lowest BCUT2D eigenvalue weighted by atomic mass is 9.92. The predicted octanol–water partition coefficient (Wildman–Crippen LogP) is 7.68. The number of rotatable bonds is 9.